The second kappa shape index (κ2) is 7.96. The van der Waals surface area contributed by atoms with Gasteiger partial charge in [-0.25, -0.2) is 0 Å². The molecule has 3 aromatic rings. The van der Waals surface area contributed by atoms with E-state index in [2.05, 4.69) is 74.7 Å². The molecule has 5 heteroatoms. The molecule has 0 N–H and O–H groups in total. The Bertz CT molecular complexity index is 1140. The zero-order valence-corrected chi connectivity index (χ0v) is 19.0. The fourth-order valence-electron chi connectivity index (χ4n) is 6.10. The molecule has 2 aliphatic heterocycles. The molecule has 1 amide bonds. The predicted octanol–water partition coefficient (Wildman–Crippen LogP) is 3.99. The van der Waals surface area contributed by atoms with Crippen LogP contribution in [0.1, 0.15) is 35.7 Å². The molecule has 0 bridgehead atoms. The molecule has 3 aliphatic rings. The van der Waals surface area contributed by atoms with E-state index in [-0.39, 0.29) is 6.04 Å². The number of anilines is 1. The van der Waals surface area contributed by atoms with Gasteiger partial charge in [-0.3, -0.25) is 9.69 Å². The maximum absolute atomic E-state index is 13.5. The number of rotatable bonds is 3. The number of piperazine rings is 1. The van der Waals surface area contributed by atoms with E-state index in [0.717, 1.165) is 52.1 Å². The van der Waals surface area contributed by atoms with Crippen LogP contribution in [-0.4, -0.2) is 59.5 Å². The number of hydrogen-bond donors (Lipinski definition) is 0. The molecule has 3 heterocycles. The molecule has 5 nitrogen and oxygen atoms in total. The maximum Gasteiger partial charge on any atom is 0.237 e. The largest absolute Gasteiger partial charge is 0.369 e. The number of amides is 1. The van der Waals surface area contributed by atoms with Gasteiger partial charge in [0.1, 0.15) is 0 Å². The molecule has 6 rings (SSSR count). The van der Waals surface area contributed by atoms with Gasteiger partial charge >= 0.3 is 0 Å². The molecule has 2 aromatic carbocycles. The van der Waals surface area contributed by atoms with Gasteiger partial charge in [-0.1, -0.05) is 29.8 Å². The van der Waals surface area contributed by atoms with Gasteiger partial charge < -0.3 is 14.4 Å². The number of aromatic nitrogens is 1. The SMILES string of the molecule is Cc1ccc2c(c1)c1c3n2CCN(C(=O)CN2CCN(c4ccccc4)CC2)[C@@H]3CCC1. The summed E-state index contributed by atoms with van der Waals surface area (Å²) in [5.41, 5.74) is 6.88. The first kappa shape index (κ1) is 19.9. The van der Waals surface area contributed by atoms with Crippen molar-refractivity contribution in [1.29, 1.82) is 0 Å². The summed E-state index contributed by atoms with van der Waals surface area (Å²) in [4.78, 5) is 20.4. The first-order valence-corrected chi connectivity index (χ1v) is 12.1. The van der Waals surface area contributed by atoms with Crippen LogP contribution in [0.4, 0.5) is 5.69 Å². The highest BCUT2D eigenvalue weighted by atomic mass is 16.2. The molecule has 1 saturated heterocycles. The normalized spacial score (nSPS) is 21.1. The summed E-state index contributed by atoms with van der Waals surface area (Å²) >= 11 is 0. The monoisotopic (exact) mass is 428 g/mol. The minimum Gasteiger partial charge on any atom is -0.369 e. The number of aryl methyl sites for hydroxylation is 2. The second-order valence-corrected chi connectivity index (χ2v) is 9.63. The van der Waals surface area contributed by atoms with E-state index in [1.165, 1.54) is 39.8 Å². The molecule has 0 saturated carbocycles. The van der Waals surface area contributed by atoms with Crippen LogP contribution >= 0.6 is 0 Å². The van der Waals surface area contributed by atoms with Gasteiger partial charge in [0.05, 0.1) is 12.6 Å². The Balaban J connectivity index is 1.18. The van der Waals surface area contributed by atoms with Crippen molar-refractivity contribution in [2.24, 2.45) is 0 Å². The Morgan fingerprint density at radius 1 is 0.969 bits per heavy atom. The zero-order valence-electron chi connectivity index (χ0n) is 19.0. The quantitative estimate of drug-likeness (QED) is 0.632. The Hall–Kier alpha value is -2.79. The summed E-state index contributed by atoms with van der Waals surface area (Å²) in [6, 6.07) is 17.7. The summed E-state index contributed by atoms with van der Waals surface area (Å²) in [5.74, 6) is 0.309. The third kappa shape index (κ3) is 3.30. The smallest absolute Gasteiger partial charge is 0.237 e. The van der Waals surface area contributed by atoms with Crippen LogP contribution in [0, 0.1) is 6.92 Å². The predicted molar refractivity (Wildman–Crippen MR) is 129 cm³/mol. The number of para-hydroxylation sites is 1. The van der Waals surface area contributed by atoms with Gasteiger partial charge in [-0.2, -0.15) is 0 Å². The molecule has 32 heavy (non-hydrogen) atoms. The van der Waals surface area contributed by atoms with Gasteiger partial charge in [-0.05, 0) is 56.0 Å². The fourth-order valence-corrected chi connectivity index (χ4v) is 6.10. The van der Waals surface area contributed by atoms with Crippen molar-refractivity contribution in [1.82, 2.24) is 14.4 Å². The fraction of sp³-hybridized carbons (Fsp3) is 0.444. The van der Waals surface area contributed by atoms with E-state index in [1.54, 1.807) is 0 Å². The molecule has 1 atom stereocenters. The lowest BCUT2D eigenvalue weighted by Crippen LogP contribution is -2.52. The minimum absolute atomic E-state index is 0.248. The standard InChI is InChI=1S/C27H32N4O/c1-20-10-11-24-23(18-20)22-8-5-9-25-27(22)31(24)17-16-30(25)26(32)19-28-12-14-29(15-13-28)21-6-3-2-4-7-21/h2-4,6-7,10-11,18,25H,5,8-9,12-17,19H2,1H3/t25-/m1/s1. The third-order valence-electron chi connectivity index (χ3n) is 7.70. The first-order valence-electron chi connectivity index (χ1n) is 12.1. The molecule has 166 valence electrons. The van der Waals surface area contributed by atoms with Crippen LogP contribution in [0.3, 0.4) is 0 Å². The molecule has 1 aliphatic carbocycles. The highest BCUT2D eigenvalue weighted by molar-refractivity contribution is 5.88. The van der Waals surface area contributed by atoms with Crippen molar-refractivity contribution in [2.45, 2.75) is 38.8 Å². The highest BCUT2D eigenvalue weighted by Crippen LogP contribution is 2.42. The summed E-state index contributed by atoms with van der Waals surface area (Å²) in [7, 11) is 0. The Morgan fingerprint density at radius 2 is 1.78 bits per heavy atom. The summed E-state index contributed by atoms with van der Waals surface area (Å²) < 4.78 is 2.51. The Kier molecular flexibility index (Phi) is 4.94. The van der Waals surface area contributed by atoms with E-state index in [0.29, 0.717) is 12.5 Å². The minimum atomic E-state index is 0.248. The number of benzene rings is 2. The van der Waals surface area contributed by atoms with Crippen LogP contribution in [0.25, 0.3) is 10.9 Å². The Labute approximate surface area is 190 Å². The number of nitrogens with zero attached hydrogens (tertiary/aromatic N) is 4. The lowest BCUT2D eigenvalue weighted by atomic mass is 9.89. The molecule has 1 aromatic heterocycles. The van der Waals surface area contributed by atoms with Crippen molar-refractivity contribution in [3.8, 4) is 0 Å². The summed E-state index contributed by atoms with van der Waals surface area (Å²) in [6.07, 6.45) is 3.41. The van der Waals surface area contributed by atoms with Gasteiger partial charge in [0, 0.05) is 61.6 Å². The summed E-state index contributed by atoms with van der Waals surface area (Å²) in [5, 5.41) is 1.41. The molecular formula is C27H32N4O. The number of carbonyl (C=O) groups excluding carboxylic acids is 1. The van der Waals surface area contributed by atoms with Crippen LogP contribution in [0.5, 0.6) is 0 Å². The van der Waals surface area contributed by atoms with E-state index < -0.39 is 0 Å². The number of fused-ring (bicyclic) bond motifs is 3. The summed E-state index contributed by atoms with van der Waals surface area (Å²) in [6.45, 7) is 8.34. The van der Waals surface area contributed by atoms with Crippen LogP contribution in [-0.2, 0) is 17.8 Å². The number of hydrogen-bond acceptors (Lipinski definition) is 3. The molecule has 0 radical (unpaired) electrons. The Morgan fingerprint density at radius 3 is 2.59 bits per heavy atom. The van der Waals surface area contributed by atoms with E-state index in [9.17, 15) is 4.79 Å². The van der Waals surface area contributed by atoms with Gasteiger partial charge in [-0.15, -0.1) is 0 Å². The van der Waals surface area contributed by atoms with Gasteiger partial charge in [0.15, 0.2) is 0 Å². The number of carbonyl (C=O) groups is 1. The van der Waals surface area contributed by atoms with Crippen molar-refractivity contribution in [3.63, 3.8) is 0 Å². The van der Waals surface area contributed by atoms with Crippen molar-refractivity contribution < 1.29 is 4.79 Å². The van der Waals surface area contributed by atoms with Crippen molar-refractivity contribution >= 4 is 22.5 Å². The van der Waals surface area contributed by atoms with Crippen LogP contribution in [0.2, 0.25) is 0 Å². The molecular weight excluding hydrogens is 396 g/mol. The lowest BCUT2D eigenvalue weighted by molar-refractivity contribution is -0.136. The maximum atomic E-state index is 13.5. The zero-order chi connectivity index (χ0) is 21.7. The lowest BCUT2D eigenvalue weighted by Gasteiger charge is -2.42. The topological polar surface area (TPSA) is 31.7 Å². The van der Waals surface area contributed by atoms with Crippen molar-refractivity contribution in [2.75, 3.05) is 44.2 Å². The first-order chi connectivity index (χ1) is 15.7. The molecule has 0 unspecified atom stereocenters. The average Bonchev–Trinajstić information content (AvgIpc) is 3.15. The van der Waals surface area contributed by atoms with E-state index >= 15 is 0 Å². The third-order valence-corrected chi connectivity index (χ3v) is 7.70. The second-order valence-electron chi connectivity index (χ2n) is 9.63. The van der Waals surface area contributed by atoms with Gasteiger partial charge in [0.25, 0.3) is 0 Å². The van der Waals surface area contributed by atoms with Crippen molar-refractivity contribution in [3.05, 3.63) is 65.4 Å². The average molecular weight is 429 g/mol. The molecule has 0 spiro atoms. The highest BCUT2D eigenvalue weighted by Gasteiger charge is 2.37. The van der Waals surface area contributed by atoms with E-state index in [1.807, 2.05) is 0 Å². The van der Waals surface area contributed by atoms with Crippen LogP contribution < -0.4 is 4.90 Å². The van der Waals surface area contributed by atoms with Crippen LogP contribution in [0.15, 0.2) is 48.5 Å². The van der Waals surface area contributed by atoms with E-state index in [4.69, 9.17) is 0 Å². The van der Waals surface area contributed by atoms with Gasteiger partial charge in [0.2, 0.25) is 5.91 Å². The molecule has 1 fully saturated rings.